The van der Waals surface area contributed by atoms with Gasteiger partial charge in [0.2, 0.25) is 0 Å². The van der Waals surface area contributed by atoms with Crippen molar-refractivity contribution >= 4 is 15.9 Å². The average molecular weight is 257 g/mol. The Morgan fingerprint density at radius 3 is 3.00 bits per heavy atom. The number of ether oxygens (including phenoxy) is 1. The molecule has 0 aliphatic carbocycles. The van der Waals surface area contributed by atoms with E-state index in [9.17, 15) is 0 Å². The molecular weight excluding hydrogens is 242 g/mol. The van der Waals surface area contributed by atoms with Crippen LogP contribution in [0.1, 0.15) is 24.4 Å². The summed E-state index contributed by atoms with van der Waals surface area (Å²) in [6, 6.07) is 6.82. The molecule has 14 heavy (non-hydrogen) atoms. The van der Waals surface area contributed by atoms with Crippen molar-refractivity contribution in [1.82, 2.24) is 0 Å². The van der Waals surface area contributed by atoms with Crippen LogP contribution in [0.25, 0.3) is 0 Å². The lowest BCUT2D eigenvalue weighted by atomic mass is 10.0. The van der Waals surface area contributed by atoms with E-state index in [2.05, 4.69) is 27.3 Å². The number of hydrogen-bond donors (Lipinski definition) is 1. The molecular formula is C11H15BrNO+. The first kappa shape index (κ1) is 9.99. The minimum absolute atomic E-state index is 0.586. The van der Waals surface area contributed by atoms with Gasteiger partial charge in [-0.2, -0.15) is 0 Å². The zero-order chi connectivity index (χ0) is 9.97. The fourth-order valence-corrected chi connectivity index (χ4v) is 2.43. The van der Waals surface area contributed by atoms with Crippen molar-refractivity contribution in [1.29, 1.82) is 0 Å². The van der Waals surface area contributed by atoms with E-state index >= 15 is 0 Å². The van der Waals surface area contributed by atoms with Crippen molar-refractivity contribution in [2.24, 2.45) is 0 Å². The maximum Gasteiger partial charge on any atom is 0.128 e. The van der Waals surface area contributed by atoms with E-state index in [-0.39, 0.29) is 0 Å². The maximum absolute atomic E-state index is 5.37. The molecule has 1 saturated heterocycles. The second-order valence-electron chi connectivity index (χ2n) is 3.66. The molecule has 0 bridgehead atoms. The van der Waals surface area contributed by atoms with Crippen LogP contribution < -0.4 is 10.1 Å². The zero-order valence-electron chi connectivity index (χ0n) is 8.29. The van der Waals surface area contributed by atoms with Crippen LogP contribution in [0.5, 0.6) is 5.75 Å². The molecule has 76 valence electrons. The van der Waals surface area contributed by atoms with Crippen LogP contribution in [0.4, 0.5) is 0 Å². The smallest absolute Gasteiger partial charge is 0.128 e. The first-order chi connectivity index (χ1) is 6.81. The van der Waals surface area contributed by atoms with E-state index in [4.69, 9.17) is 4.74 Å². The minimum atomic E-state index is 0.586. The summed E-state index contributed by atoms with van der Waals surface area (Å²) in [6.45, 7) is 1.24. The molecule has 0 amide bonds. The molecule has 3 heteroatoms. The van der Waals surface area contributed by atoms with Gasteiger partial charge in [0.25, 0.3) is 0 Å². The highest BCUT2D eigenvalue weighted by Gasteiger charge is 2.23. The molecule has 1 aliphatic rings. The first-order valence-corrected chi connectivity index (χ1v) is 5.77. The molecule has 1 aromatic rings. The lowest BCUT2D eigenvalue weighted by Gasteiger charge is -2.12. The third-order valence-corrected chi connectivity index (χ3v) is 3.25. The number of methoxy groups -OCH3 is 1. The Labute approximate surface area is 92.8 Å². The predicted octanol–water partition coefficient (Wildman–Crippen LogP) is 1.86. The lowest BCUT2D eigenvalue weighted by molar-refractivity contribution is -0.676. The maximum atomic E-state index is 5.37. The van der Waals surface area contributed by atoms with E-state index in [1.807, 2.05) is 12.1 Å². The highest BCUT2D eigenvalue weighted by molar-refractivity contribution is 9.10. The van der Waals surface area contributed by atoms with Crippen LogP contribution >= 0.6 is 15.9 Å². The van der Waals surface area contributed by atoms with E-state index in [0.29, 0.717) is 6.04 Å². The number of quaternary nitrogens is 1. The molecule has 1 fully saturated rings. The molecule has 0 saturated carbocycles. The van der Waals surface area contributed by atoms with Crippen molar-refractivity contribution < 1.29 is 10.1 Å². The van der Waals surface area contributed by atoms with Crippen molar-refractivity contribution in [3.05, 3.63) is 28.2 Å². The standard InChI is InChI=1S/C11H14BrNO/c1-14-11-5-4-8(12)7-9(11)10-3-2-6-13-10/h4-5,7,10,13H,2-3,6H2,1H3/p+1/t10-/m0/s1. The zero-order valence-corrected chi connectivity index (χ0v) is 9.88. The Morgan fingerprint density at radius 1 is 1.50 bits per heavy atom. The molecule has 0 radical (unpaired) electrons. The number of halogens is 1. The second-order valence-corrected chi connectivity index (χ2v) is 4.58. The SMILES string of the molecule is COc1ccc(Br)cc1[C@@H]1CCC[NH2+]1. The van der Waals surface area contributed by atoms with Crippen LogP contribution in [0.3, 0.4) is 0 Å². The van der Waals surface area contributed by atoms with Crippen LogP contribution in [-0.4, -0.2) is 13.7 Å². The number of nitrogens with two attached hydrogens (primary N) is 1. The van der Waals surface area contributed by atoms with Crippen LogP contribution in [0.15, 0.2) is 22.7 Å². The summed E-state index contributed by atoms with van der Waals surface area (Å²) in [6.07, 6.45) is 2.56. The molecule has 1 heterocycles. The molecule has 2 N–H and O–H groups in total. The van der Waals surface area contributed by atoms with Crippen molar-refractivity contribution in [2.75, 3.05) is 13.7 Å². The van der Waals surface area contributed by atoms with Gasteiger partial charge < -0.3 is 10.1 Å². The third-order valence-electron chi connectivity index (χ3n) is 2.76. The number of benzene rings is 1. The van der Waals surface area contributed by atoms with Gasteiger partial charge in [-0.1, -0.05) is 15.9 Å². The topological polar surface area (TPSA) is 25.8 Å². The van der Waals surface area contributed by atoms with E-state index < -0.39 is 0 Å². The number of rotatable bonds is 2. The summed E-state index contributed by atoms with van der Waals surface area (Å²) in [7, 11) is 1.74. The Kier molecular flexibility index (Phi) is 3.08. The van der Waals surface area contributed by atoms with Gasteiger partial charge >= 0.3 is 0 Å². The minimum Gasteiger partial charge on any atom is -0.496 e. The lowest BCUT2D eigenvalue weighted by Crippen LogP contribution is -2.81. The molecule has 1 atom stereocenters. The summed E-state index contributed by atoms with van der Waals surface area (Å²) >= 11 is 3.50. The van der Waals surface area contributed by atoms with E-state index in [1.54, 1.807) is 7.11 Å². The normalized spacial score (nSPS) is 21.1. The quantitative estimate of drug-likeness (QED) is 0.859. The van der Waals surface area contributed by atoms with Gasteiger partial charge in [-0.15, -0.1) is 0 Å². The largest absolute Gasteiger partial charge is 0.496 e. The van der Waals surface area contributed by atoms with Gasteiger partial charge in [-0.05, 0) is 18.2 Å². The van der Waals surface area contributed by atoms with Gasteiger partial charge in [0.15, 0.2) is 0 Å². The van der Waals surface area contributed by atoms with Crippen molar-refractivity contribution in [3.8, 4) is 5.75 Å². The fourth-order valence-electron chi connectivity index (χ4n) is 2.05. The summed E-state index contributed by atoms with van der Waals surface area (Å²) in [5.41, 5.74) is 1.32. The van der Waals surface area contributed by atoms with Crippen molar-refractivity contribution in [2.45, 2.75) is 18.9 Å². The molecule has 2 nitrogen and oxygen atoms in total. The van der Waals surface area contributed by atoms with Gasteiger partial charge in [0.1, 0.15) is 11.8 Å². The molecule has 0 aromatic heterocycles. The van der Waals surface area contributed by atoms with Crippen LogP contribution in [0, 0.1) is 0 Å². The van der Waals surface area contributed by atoms with Gasteiger partial charge in [0.05, 0.1) is 19.2 Å². The first-order valence-electron chi connectivity index (χ1n) is 4.98. The Morgan fingerprint density at radius 2 is 2.36 bits per heavy atom. The molecule has 1 aromatic carbocycles. The summed E-state index contributed by atoms with van der Waals surface area (Å²) in [5.74, 6) is 1.01. The Hall–Kier alpha value is -0.540. The second kappa shape index (κ2) is 4.32. The van der Waals surface area contributed by atoms with E-state index in [1.165, 1.54) is 24.9 Å². The third kappa shape index (κ3) is 1.93. The van der Waals surface area contributed by atoms with Gasteiger partial charge in [-0.3, -0.25) is 0 Å². The molecule has 2 rings (SSSR count). The molecule has 0 spiro atoms. The highest BCUT2D eigenvalue weighted by atomic mass is 79.9. The van der Waals surface area contributed by atoms with Gasteiger partial charge in [-0.25, -0.2) is 0 Å². The van der Waals surface area contributed by atoms with Crippen molar-refractivity contribution in [3.63, 3.8) is 0 Å². The summed E-state index contributed by atoms with van der Waals surface area (Å²) in [4.78, 5) is 0. The van der Waals surface area contributed by atoms with Gasteiger partial charge in [0, 0.05) is 17.3 Å². The Balaban J connectivity index is 2.33. The average Bonchev–Trinajstić information content (AvgIpc) is 2.70. The Bertz CT molecular complexity index is 321. The fraction of sp³-hybridized carbons (Fsp3) is 0.455. The van der Waals surface area contributed by atoms with Crippen LogP contribution in [-0.2, 0) is 0 Å². The predicted molar refractivity (Wildman–Crippen MR) is 59.5 cm³/mol. The monoisotopic (exact) mass is 256 g/mol. The van der Waals surface area contributed by atoms with Crippen LogP contribution in [0.2, 0.25) is 0 Å². The summed E-state index contributed by atoms with van der Waals surface area (Å²) in [5, 5.41) is 2.39. The summed E-state index contributed by atoms with van der Waals surface area (Å²) < 4.78 is 6.50. The van der Waals surface area contributed by atoms with E-state index in [0.717, 1.165) is 10.2 Å². The highest BCUT2D eigenvalue weighted by Crippen LogP contribution is 2.29. The number of hydrogen-bond acceptors (Lipinski definition) is 1. The molecule has 0 unspecified atom stereocenters. The molecule has 1 aliphatic heterocycles.